The van der Waals surface area contributed by atoms with Crippen LogP contribution in [0.4, 0.5) is 5.95 Å². The van der Waals surface area contributed by atoms with Gasteiger partial charge < -0.3 is 10.5 Å². The summed E-state index contributed by atoms with van der Waals surface area (Å²) in [5, 5.41) is 0.982. The maximum Gasteiger partial charge on any atom is 0.321 e. The van der Waals surface area contributed by atoms with Gasteiger partial charge in [-0.25, -0.2) is 0 Å². The fourth-order valence-corrected chi connectivity index (χ4v) is 1.80. The SMILES string of the molecule is COc1nc(N)nc(-c2cc(Cl)cc(Cl)c2)n1. The Bertz CT molecular complexity index is 542. The summed E-state index contributed by atoms with van der Waals surface area (Å²) < 4.78 is 4.91. The largest absolute Gasteiger partial charge is 0.467 e. The summed E-state index contributed by atoms with van der Waals surface area (Å²) in [6.45, 7) is 0. The van der Waals surface area contributed by atoms with Crippen molar-refractivity contribution in [1.29, 1.82) is 0 Å². The van der Waals surface area contributed by atoms with Crippen molar-refractivity contribution in [1.82, 2.24) is 15.0 Å². The summed E-state index contributed by atoms with van der Waals surface area (Å²) in [5.74, 6) is 0.432. The Morgan fingerprint density at radius 2 is 1.71 bits per heavy atom. The van der Waals surface area contributed by atoms with E-state index in [1.54, 1.807) is 18.2 Å². The molecule has 2 aromatic rings. The first-order chi connectivity index (χ1) is 8.08. The fraction of sp³-hybridized carbons (Fsp3) is 0.100. The number of ether oxygens (including phenoxy) is 1. The molecule has 0 atom stereocenters. The highest BCUT2D eigenvalue weighted by molar-refractivity contribution is 6.35. The van der Waals surface area contributed by atoms with Gasteiger partial charge in [0, 0.05) is 15.6 Å². The topological polar surface area (TPSA) is 73.9 Å². The molecule has 1 aromatic heterocycles. The van der Waals surface area contributed by atoms with E-state index in [4.69, 9.17) is 33.7 Å². The second-order valence-corrected chi connectivity index (χ2v) is 4.03. The quantitative estimate of drug-likeness (QED) is 0.907. The number of benzene rings is 1. The molecule has 0 aliphatic rings. The van der Waals surface area contributed by atoms with Gasteiger partial charge in [0.1, 0.15) is 0 Å². The summed E-state index contributed by atoms with van der Waals surface area (Å²) in [7, 11) is 1.45. The van der Waals surface area contributed by atoms with Crippen LogP contribution in [0.3, 0.4) is 0 Å². The summed E-state index contributed by atoms with van der Waals surface area (Å²) in [5.41, 5.74) is 6.19. The van der Waals surface area contributed by atoms with E-state index in [2.05, 4.69) is 15.0 Å². The van der Waals surface area contributed by atoms with Crippen molar-refractivity contribution in [3.63, 3.8) is 0 Å². The van der Waals surface area contributed by atoms with E-state index in [1.165, 1.54) is 7.11 Å². The average molecular weight is 271 g/mol. The van der Waals surface area contributed by atoms with Gasteiger partial charge in [-0.2, -0.15) is 15.0 Å². The molecule has 2 N–H and O–H groups in total. The van der Waals surface area contributed by atoms with Crippen LogP contribution >= 0.6 is 23.2 Å². The van der Waals surface area contributed by atoms with Gasteiger partial charge in [0.2, 0.25) is 5.95 Å². The van der Waals surface area contributed by atoms with Crippen molar-refractivity contribution in [3.8, 4) is 17.4 Å². The first kappa shape index (κ1) is 11.9. The summed E-state index contributed by atoms with van der Waals surface area (Å²) in [4.78, 5) is 11.8. The fourth-order valence-electron chi connectivity index (χ4n) is 1.28. The predicted molar refractivity (Wildman–Crippen MR) is 66.2 cm³/mol. The molecule has 0 radical (unpaired) electrons. The van der Waals surface area contributed by atoms with Crippen LogP contribution in [0.5, 0.6) is 6.01 Å². The smallest absolute Gasteiger partial charge is 0.321 e. The number of nitrogens with two attached hydrogens (primary N) is 1. The van der Waals surface area contributed by atoms with Crippen molar-refractivity contribution in [2.75, 3.05) is 12.8 Å². The first-order valence-electron chi connectivity index (χ1n) is 4.60. The predicted octanol–water partition coefficient (Wildman–Crippen LogP) is 2.44. The first-order valence-corrected chi connectivity index (χ1v) is 5.36. The lowest BCUT2D eigenvalue weighted by Gasteiger charge is -2.04. The van der Waals surface area contributed by atoms with Gasteiger partial charge in [0.15, 0.2) is 5.82 Å². The van der Waals surface area contributed by atoms with Crippen LogP contribution in [0.1, 0.15) is 0 Å². The van der Waals surface area contributed by atoms with E-state index < -0.39 is 0 Å². The lowest BCUT2D eigenvalue weighted by Crippen LogP contribution is -2.02. The molecule has 17 heavy (non-hydrogen) atoms. The van der Waals surface area contributed by atoms with Crippen molar-refractivity contribution in [3.05, 3.63) is 28.2 Å². The Morgan fingerprint density at radius 3 is 2.29 bits per heavy atom. The Labute approximate surface area is 108 Å². The number of hydrogen-bond acceptors (Lipinski definition) is 5. The molecule has 0 amide bonds. The van der Waals surface area contributed by atoms with Gasteiger partial charge in [-0.1, -0.05) is 23.2 Å². The second kappa shape index (κ2) is 4.73. The number of hydrogen-bond donors (Lipinski definition) is 1. The number of methoxy groups -OCH3 is 1. The standard InChI is InChI=1S/C10H8Cl2N4O/c1-17-10-15-8(14-9(13)16-10)5-2-6(11)4-7(12)3-5/h2-4H,1H3,(H2,13,14,15,16). The van der Waals surface area contributed by atoms with Crippen molar-refractivity contribution >= 4 is 29.2 Å². The van der Waals surface area contributed by atoms with Crippen LogP contribution in [0, 0.1) is 0 Å². The van der Waals surface area contributed by atoms with Crippen molar-refractivity contribution in [2.24, 2.45) is 0 Å². The Hall–Kier alpha value is -1.59. The van der Waals surface area contributed by atoms with Crippen LogP contribution in [-0.4, -0.2) is 22.1 Å². The monoisotopic (exact) mass is 270 g/mol. The maximum absolute atomic E-state index is 5.90. The molecule has 2 rings (SSSR count). The third kappa shape index (κ3) is 2.75. The molecule has 0 bridgehead atoms. The summed E-state index contributed by atoms with van der Waals surface area (Å²) in [6, 6.07) is 5.13. The highest BCUT2D eigenvalue weighted by atomic mass is 35.5. The van der Waals surface area contributed by atoms with E-state index in [0.717, 1.165) is 0 Å². The van der Waals surface area contributed by atoms with E-state index in [0.29, 0.717) is 21.4 Å². The van der Waals surface area contributed by atoms with Gasteiger partial charge in [0.25, 0.3) is 0 Å². The maximum atomic E-state index is 5.90. The highest BCUT2D eigenvalue weighted by Crippen LogP contribution is 2.25. The summed E-state index contributed by atoms with van der Waals surface area (Å²) >= 11 is 11.8. The zero-order chi connectivity index (χ0) is 12.4. The Kier molecular flexibility index (Phi) is 3.31. The van der Waals surface area contributed by atoms with Gasteiger partial charge in [0.05, 0.1) is 7.11 Å². The lowest BCUT2D eigenvalue weighted by molar-refractivity contribution is 0.379. The molecule has 0 aliphatic carbocycles. The molecule has 0 unspecified atom stereocenters. The van der Waals surface area contributed by atoms with Crippen molar-refractivity contribution < 1.29 is 4.74 Å². The number of rotatable bonds is 2. The zero-order valence-electron chi connectivity index (χ0n) is 8.82. The van der Waals surface area contributed by atoms with E-state index in [9.17, 15) is 0 Å². The molecule has 0 saturated carbocycles. The number of aromatic nitrogens is 3. The normalized spacial score (nSPS) is 10.3. The Balaban J connectivity index is 2.55. The molecular formula is C10H8Cl2N4O. The molecule has 0 spiro atoms. The van der Waals surface area contributed by atoms with Crippen LogP contribution in [0.2, 0.25) is 10.0 Å². The van der Waals surface area contributed by atoms with E-state index in [1.807, 2.05) is 0 Å². The number of nitrogens with zero attached hydrogens (tertiary/aromatic N) is 3. The molecule has 0 aliphatic heterocycles. The molecule has 1 heterocycles. The Morgan fingerprint density at radius 1 is 1.06 bits per heavy atom. The molecule has 88 valence electrons. The van der Waals surface area contributed by atoms with Crippen LogP contribution in [0.15, 0.2) is 18.2 Å². The lowest BCUT2D eigenvalue weighted by atomic mass is 10.2. The highest BCUT2D eigenvalue weighted by Gasteiger charge is 2.08. The molecule has 1 aromatic carbocycles. The van der Waals surface area contributed by atoms with Crippen molar-refractivity contribution in [2.45, 2.75) is 0 Å². The second-order valence-electron chi connectivity index (χ2n) is 3.16. The molecule has 7 heteroatoms. The van der Waals surface area contributed by atoms with Gasteiger partial charge in [-0.15, -0.1) is 0 Å². The minimum atomic E-state index is 0.0722. The third-order valence-corrected chi connectivity index (χ3v) is 2.37. The van der Waals surface area contributed by atoms with Gasteiger partial charge in [-0.05, 0) is 18.2 Å². The van der Waals surface area contributed by atoms with Gasteiger partial charge >= 0.3 is 6.01 Å². The number of nitrogen functional groups attached to an aromatic ring is 1. The number of anilines is 1. The third-order valence-electron chi connectivity index (χ3n) is 1.94. The minimum absolute atomic E-state index is 0.0722. The molecule has 5 nitrogen and oxygen atoms in total. The number of halogens is 2. The average Bonchev–Trinajstić information content (AvgIpc) is 2.26. The summed E-state index contributed by atoms with van der Waals surface area (Å²) in [6.07, 6.45) is 0. The van der Waals surface area contributed by atoms with Crippen LogP contribution in [-0.2, 0) is 0 Å². The minimum Gasteiger partial charge on any atom is -0.467 e. The molecular weight excluding hydrogens is 263 g/mol. The zero-order valence-corrected chi connectivity index (χ0v) is 10.3. The van der Waals surface area contributed by atoms with Crippen LogP contribution < -0.4 is 10.5 Å². The van der Waals surface area contributed by atoms with E-state index in [-0.39, 0.29) is 12.0 Å². The molecule has 0 saturated heterocycles. The van der Waals surface area contributed by atoms with Gasteiger partial charge in [-0.3, -0.25) is 0 Å². The van der Waals surface area contributed by atoms with E-state index >= 15 is 0 Å². The van der Waals surface area contributed by atoms with Crippen LogP contribution in [0.25, 0.3) is 11.4 Å². The molecule has 0 fully saturated rings.